The van der Waals surface area contributed by atoms with Gasteiger partial charge in [0.2, 0.25) is 0 Å². The second kappa shape index (κ2) is 6.31. The van der Waals surface area contributed by atoms with Crippen molar-refractivity contribution in [3.63, 3.8) is 0 Å². The van der Waals surface area contributed by atoms with Gasteiger partial charge in [0, 0.05) is 0 Å². The van der Waals surface area contributed by atoms with Crippen LogP contribution >= 0.6 is 50.7 Å². The Morgan fingerprint density at radius 3 is 2.45 bits per heavy atom. The molecule has 0 bridgehead atoms. The molecule has 20 heavy (non-hydrogen) atoms. The maximum atomic E-state index is 13.8. The van der Waals surface area contributed by atoms with Crippen LogP contribution in [0.5, 0.6) is 0 Å². The number of amides is 1. The van der Waals surface area contributed by atoms with E-state index in [2.05, 4.69) is 21.2 Å². The molecule has 0 atom stereocenters. The van der Waals surface area contributed by atoms with Gasteiger partial charge in [-0.25, -0.2) is 4.39 Å². The third kappa shape index (κ3) is 3.26. The lowest BCUT2D eigenvalue weighted by Gasteiger charge is -2.09. The summed E-state index contributed by atoms with van der Waals surface area (Å²) in [4.78, 5) is 12.0. The van der Waals surface area contributed by atoms with Gasteiger partial charge < -0.3 is 5.32 Å². The molecule has 0 radical (unpaired) electrons. The monoisotopic (exact) mass is 395 g/mol. The summed E-state index contributed by atoms with van der Waals surface area (Å²) >= 11 is 20.6. The van der Waals surface area contributed by atoms with Crippen LogP contribution < -0.4 is 5.32 Å². The molecule has 0 aromatic heterocycles. The molecule has 2 aromatic carbocycles. The Bertz CT molecular complexity index is 694. The number of halogens is 5. The quantitative estimate of drug-likeness (QED) is 0.638. The molecule has 0 spiro atoms. The summed E-state index contributed by atoms with van der Waals surface area (Å²) in [6.07, 6.45) is 0. The molecule has 0 fully saturated rings. The average Bonchev–Trinajstić information content (AvgIpc) is 2.39. The summed E-state index contributed by atoms with van der Waals surface area (Å²) in [5.41, 5.74) is 0.145. The van der Waals surface area contributed by atoms with E-state index in [-0.39, 0.29) is 30.8 Å². The van der Waals surface area contributed by atoms with Crippen LogP contribution in [0.15, 0.2) is 34.8 Å². The second-order valence-electron chi connectivity index (χ2n) is 3.80. The predicted molar refractivity (Wildman–Crippen MR) is 83.5 cm³/mol. The molecule has 2 rings (SSSR count). The third-order valence-corrected chi connectivity index (χ3v) is 4.10. The lowest BCUT2D eigenvalue weighted by atomic mass is 10.2. The smallest absolute Gasteiger partial charge is 0.258 e. The molecule has 0 heterocycles. The lowest BCUT2D eigenvalue weighted by molar-refractivity contribution is 0.102. The number of anilines is 1. The minimum atomic E-state index is -0.652. The number of benzene rings is 2. The number of hydrogen-bond donors (Lipinski definition) is 1. The molecule has 1 N–H and O–H groups in total. The zero-order chi connectivity index (χ0) is 14.9. The topological polar surface area (TPSA) is 29.1 Å². The van der Waals surface area contributed by atoms with E-state index in [9.17, 15) is 9.18 Å². The first-order chi connectivity index (χ1) is 9.40. The Labute approximate surface area is 138 Å². The first-order valence-electron chi connectivity index (χ1n) is 5.30. The molecule has 0 unspecified atom stereocenters. The Morgan fingerprint density at radius 1 is 1.10 bits per heavy atom. The lowest BCUT2D eigenvalue weighted by Crippen LogP contribution is -2.14. The van der Waals surface area contributed by atoms with Gasteiger partial charge in [0.25, 0.3) is 5.91 Å². The minimum Gasteiger partial charge on any atom is -0.320 e. The molecule has 0 aliphatic heterocycles. The summed E-state index contributed by atoms with van der Waals surface area (Å²) in [5, 5.41) is 3.20. The highest BCUT2D eigenvalue weighted by Crippen LogP contribution is 2.32. The zero-order valence-corrected chi connectivity index (χ0v) is 13.5. The zero-order valence-electron chi connectivity index (χ0n) is 9.68. The van der Waals surface area contributed by atoms with Crippen LogP contribution in [0.25, 0.3) is 0 Å². The number of carbonyl (C=O) groups is 1. The van der Waals surface area contributed by atoms with Crippen molar-refractivity contribution in [2.24, 2.45) is 0 Å². The SMILES string of the molecule is O=C(Nc1cc(Cl)c(Cl)cc1Cl)c1cccc(Br)c1F. The van der Waals surface area contributed by atoms with Gasteiger partial charge in [-0.15, -0.1) is 0 Å². The molecule has 7 heteroatoms. The van der Waals surface area contributed by atoms with E-state index < -0.39 is 11.7 Å². The van der Waals surface area contributed by atoms with Crippen LogP contribution in [0.3, 0.4) is 0 Å². The number of carbonyl (C=O) groups excluding carboxylic acids is 1. The minimum absolute atomic E-state index is 0.110. The fourth-order valence-corrected chi connectivity index (χ4v) is 2.45. The average molecular weight is 397 g/mol. The number of nitrogens with one attached hydrogen (secondary N) is 1. The molecular formula is C13H6BrCl3FNO. The highest BCUT2D eigenvalue weighted by molar-refractivity contribution is 9.10. The Morgan fingerprint density at radius 2 is 1.75 bits per heavy atom. The number of hydrogen-bond acceptors (Lipinski definition) is 1. The first-order valence-corrected chi connectivity index (χ1v) is 7.22. The van der Waals surface area contributed by atoms with Gasteiger partial charge in [-0.3, -0.25) is 4.79 Å². The van der Waals surface area contributed by atoms with Crippen LogP contribution in [-0.4, -0.2) is 5.91 Å². The molecule has 104 valence electrons. The van der Waals surface area contributed by atoms with E-state index in [1.807, 2.05) is 0 Å². The van der Waals surface area contributed by atoms with Crippen molar-refractivity contribution in [2.45, 2.75) is 0 Å². The maximum Gasteiger partial charge on any atom is 0.258 e. The van der Waals surface area contributed by atoms with Gasteiger partial charge in [-0.2, -0.15) is 0 Å². The standard InChI is InChI=1S/C13H6BrCl3FNO/c14-7-3-1-2-6(12(7)18)13(20)19-11-5-9(16)8(15)4-10(11)17/h1-5H,(H,19,20). The third-order valence-electron chi connectivity index (χ3n) is 2.45. The molecule has 1 amide bonds. The van der Waals surface area contributed by atoms with Gasteiger partial charge in [-0.05, 0) is 40.2 Å². The fourth-order valence-electron chi connectivity index (χ4n) is 1.49. The van der Waals surface area contributed by atoms with E-state index in [1.54, 1.807) is 6.07 Å². The molecule has 0 saturated carbocycles. The second-order valence-corrected chi connectivity index (χ2v) is 5.88. The van der Waals surface area contributed by atoms with Crippen LogP contribution in [0.2, 0.25) is 15.1 Å². The largest absolute Gasteiger partial charge is 0.320 e. The molecule has 0 saturated heterocycles. The van der Waals surface area contributed by atoms with E-state index in [0.717, 1.165) is 0 Å². The van der Waals surface area contributed by atoms with Crippen molar-refractivity contribution in [1.29, 1.82) is 0 Å². The van der Waals surface area contributed by atoms with Crippen molar-refractivity contribution in [3.05, 3.63) is 61.3 Å². The van der Waals surface area contributed by atoms with Gasteiger partial charge in [0.15, 0.2) is 0 Å². The van der Waals surface area contributed by atoms with Gasteiger partial charge >= 0.3 is 0 Å². The Kier molecular flexibility index (Phi) is 4.91. The summed E-state index contributed by atoms with van der Waals surface area (Å²) in [7, 11) is 0. The van der Waals surface area contributed by atoms with Crippen LogP contribution in [-0.2, 0) is 0 Å². The van der Waals surface area contributed by atoms with E-state index >= 15 is 0 Å². The van der Waals surface area contributed by atoms with Crippen LogP contribution in [0, 0.1) is 5.82 Å². The molecule has 0 aliphatic rings. The summed E-state index contributed by atoms with van der Waals surface area (Å²) in [5.74, 6) is -1.29. The van der Waals surface area contributed by atoms with Crippen molar-refractivity contribution in [2.75, 3.05) is 5.32 Å². The van der Waals surface area contributed by atoms with E-state index in [1.165, 1.54) is 24.3 Å². The van der Waals surface area contributed by atoms with Crippen molar-refractivity contribution >= 4 is 62.3 Å². The normalized spacial score (nSPS) is 10.4. The fraction of sp³-hybridized carbons (Fsp3) is 0. The van der Waals surface area contributed by atoms with E-state index in [4.69, 9.17) is 34.8 Å². The van der Waals surface area contributed by atoms with Crippen molar-refractivity contribution in [3.8, 4) is 0 Å². The van der Waals surface area contributed by atoms with Crippen molar-refractivity contribution < 1.29 is 9.18 Å². The Hall–Kier alpha value is -0.810. The number of rotatable bonds is 2. The van der Waals surface area contributed by atoms with E-state index in [0.29, 0.717) is 0 Å². The predicted octanol–water partition coefficient (Wildman–Crippen LogP) is 5.80. The highest BCUT2D eigenvalue weighted by atomic mass is 79.9. The Balaban J connectivity index is 2.33. The summed E-state index contributed by atoms with van der Waals surface area (Å²) in [6.45, 7) is 0. The molecular weight excluding hydrogens is 391 g/mol. The summed E-state index contributed by atoms with van der Waals surface area (Å²) in [6, 6.07) is 7.22. The first kappa shape index (κ1) is 15.6. The molecule has 2 aromatic rings. The highest BCUT2D eigenvalue weighted by Gasteiger charge is 2.16. The molecule has 0 aliphatic carbocycles. The van der Waals surface area contributed by atoms with Gasteiger partial charge in [0.05, 0.1) is 30.8 Å². The molecule has 2 nitrogen and oxygen atoms in total. The maximum absolute atomic E-state index is 13.8. The van der Waals surface area contributed by atoms with Gasteiger partial charge in [-0.1, -0.05) is 40.9 Å². The van der Waals surface area contributed by atoms with Crippen LogP contribution in [0.4, 0.5) is 10.1 Å². The van der Waals surface area contributed by atoms with Crippen molar-refractivity contribution in [1.82, 2.24) is 0 Å². The van der Waals surface area contributed by atoms with Gasteiger partial charge in [0.1, 0.15) is 5.82 Å². The van der Waals surface area contributed by atoms with Crippen LogP contribution in [0.1, 0.15) is 10.4 Å². The summed E-state index contributed by atoms with van der Waals surface area (Å²) < 4.78 is 14.0.